The Kier molecular flexibility index (Phi) is 20.0. The molecule has 60 heavy (non-hydrogen) atoms. The normalized spacial score (nSPS) is 12.4. The van der Waals surface area contributed by atoms with Crippen molar-refractivity contribution in [2.75, 3.05) is 0 Å². The third-order valence-corrected chi connectivity index (χ3v) is 17.1. The number of rotatable bonds is 9. The van der Waals surface area contributed by atoms with Crippen molar-refractivity contribution in [2.24, 2.45) is 0 Å². The molecule has 0 heterocycles. The largest absolute Gasteiger partial charge is 0.307 e. The fourth-order valence-corrected chi connectivity index (χ4v) is 14.1. The molecule has 0 spiro atoms. The van der Waals surface area contributed by atoms with Gasteiger partial charge in [0.05, 0.1) is 0 Å². The molecule has 1 aliphatic rings. The minimum atomic E-state index is -0.446. The number of hydrogen-bond donors (Lipinski definition) is 0. The first-order valence-electron chi connectivity index (χ1n) is 19.8. The maximum absolute atomic E-state index is 8.00. The standard InChI is InChI=1S/C18H17P.2C18H15P.CH2O.Rh/c3*1-4-10-16(11-5-1)19(17-12-6-2-7-13-17)18-14-8-3-9-15-18;1-2;/h1-14,18H,15H2;2*1-15H;1H2;. The van der Waals surface area contributed by atoms with E-state index in [0.717, 1.165) is 6.42 Å². The number of carbonyl (C=O) groups is 1. The number of allylic oxidation sites excluding steroid dienone is 4. The van der Waals surface area contributed by atoms with Crippen molar-refractivity contribution in [3.8, 4) is 0 Å². The third-order valence-electron chi connectivity index (χ3n) is 9.44. The van der Waals surface area contributed by atoms with Gasteiger partial charge in [0.2, 0.25) is 0 Å². The van der Waals surface area contributed by atoms with E-state index in [0.29, 0.717) is 5.66 Å². The van der Waals surface area contributed by atoms with Gasteiger partial charge in [-0.05, 0) is 72.6 Å². The summed E-state index contributed by atoms with van der Waals surface area (Å²) in [5.41, 5.74) is 0.616. The molecule has 5 heteroatoms. The van der Waals surface area contributed by atoms with Crippen molar-refractivity contribution < 1.29 is 24.3 Å². The molecule has 9 rings (SSSR count). The summed E-state index contributed by atoms with van der Waals surface area (Å²) in [7, 11) is -1.20. The molecular formula is C55H49OP3Rh. The predicted molar refractivity (Wildman–Crippen MR) is 263 cm³/mol. The summed E-state index contributed by atoms with van der Waals surface area (Å²) in [6.07, 6.45) is 10.1. The molecule has 0 fully saturated rings. The van der Waals surface area contributed by atoms with Crippen LogP contribution >= 0.6 is 23.8 Å². The van der Waals surface area contributed by atoms with Gasteiger partial charge in [-0.2, -0.15) is 0 Å². The second kappa shape index (κ2) is 26.1. The van der Waals surface area contributed by atoms with Crippen LogP contribution < -0.4 is 42.4 Å². The average Bonchev–Trinajstić information content (AvgIpc) is 3.34. The van der Waals surface area contributed by atoms with Gasteiger partial charge in [-0.3, -0.25) is 0 Å². The van der Waals surface area contributed by atoms with Crippen LogP contribution in [0.5, 0.6) is 0 Å². The number of benzene rings is 8. The Balaban J connectivity index is 0.000000166. The Bertz CT molecular complexity index is 2040. The first-order chi connectivity index (χ1) is 29.3. The van der Waals surface area contributed by atoms with Gasteiger partial charge in [0.1, 0.15) is 6.79 Å². The number of carbonyl (C=O) groups excluding carboxylic acids is 1. The van der Waals surface area contributed by atoms with Crippen LogP contribution in [-0.4, -0.2) is 12.4 Å². The predicted octanol–water partition coefficient (Wildman–Crippen LogP) is 10.7. The Morgan fingerprint density at radius 2 is 0.533 bits per heavy atom. The van der Waals surface area contributed by atoms with Crippen molar-refractivity contribution >= 4 is 73.0 Å². The molecule has 8 aromatic carbocycles. The van der Waals surface area contributed by atoms with Crippen LogP contribution in [0.2, 0.25) is 0 Å². The maximum atomic E-state index is 8.00. The maximum Gasteiger partial charge on any atom is 0.106 e. The Morgan fingerprint density at radius 1 is 0.317 bits per heavy atom. The van der Waals surface area contributed by atoms with E-state index in [1.807, 2.05) is 6.79 Å². The van der Waals surface area contributed by atoms with Crippen LogP contribution in [0.25, 0.3) is 0 Å². The van der Waals surface area contributed by atoms with E-state index in [4.69, 9.17) is 4.79 Å². The Morgan fingerprint density at radius 3 is 0.733 bits per heavy atom. The molecular weight excluding hydrogens is 872 g/mol. The van der Waals surface area contributed by atoms with Gasteiger partial charge in [0.25, 0.3) is 0 Å². The van der Waals surface area contributed by atoms with Gasteiger partial charge >= 0.3 is 0 Å². The topological polar surface area (TPSA) is 17.1 Å². The van der Waals surface area contributed by atoms with E-state index >= 15 is 0 Å². The molecule has 0 N–H and O–H groups in total. The summed E-state index contributed by atoms with van der Waals surface area (Å²) < 4.78 is 0. The quantitative estimate of drug-likeness (QED) is 0.104. The molecule has 0 saturated heterocycles. The SMILES string of the molecule is C1=CCC(P(c2ccccc2)c2ccccc2)C=C1.C=O.[Rh].c1ccc(P(c2ccccc2)c2ccccc2)cc1.c1ccc(P(c2ccccc2)c2ccccc2)cc1. The summed E-state index contributed by atoms with van der Waals surface area (Å²) in [5.74, 6) is 0. The summed E-state index contributed by atoms with van der Waals surface area (Å²) >= 11 is 0. The fourth-order valence-electron chi connectivity index (χ4n) is 6.83. The first-order valence-corrected chi connectivity index (χ1v) is 23.9. The van der Waals surface area contributed by atoms with Crippen molar-refractivity contribution in [2.45, 2.75) is 12.1 Å². The van der Waals surface area contributed by atoms with Crippen LogP contribution in [0.4, 0.5) is 0 Å². The summed E-state index contributed by atoms with van der Waals surface area (Å²) in [6, 6.07) is 86.5. The van der Waals surface area contributed by atoms with Gasteiger partial charge in [0.15, 0.2) is 0 Å². The van der Waals surface area contributed by atoms with Crippen molar-refractivity contribution in [1.82, 2.24) is 0 Å². The summed E-state index contributed by atoms with van der Waals surface area (Å²) in [5, 5.41) is 11.3. The molecule has 0 aromatic heterocycles. The molecule has 1 nitrogen and oxygen atoms in total. The van der Waals surface area contributed by atoms with Gasteiger partial charge in [-0.1, -0.05) is 267 Å². The van der Waals surface area contributed by atoms with Gasteiger partial charge < -0.3 is 4.79 Å². The van der Waals surface area contributed by atoms with Crippen molar-refractivity contribution in [3.05, 3.63) is 267 Å². The molecule has 0 saturated carbocycles. The van der Waals surface area contributed by atoms with E-state index < -0.39 is 15.8 Å². The molecule has 0 bridgehead atoms. The fraction of sp³-hybridized carbons (Fsp3) is 0.0364. The van der Waals surface area contributed by atoms with Crippen molar-refractivity contribution in [1.29, 1.82) is 0 Å². The van der Waals surface area contributed by atoms with Gasteiger partial charge in [0, 0.05) is 25.1 Å². The molecule has 8 aromatic rings. The first kappa shape index (κ1) is 45.9. The van der Waals surface area contributed by atoms with E-state index in [9.17, 15) is 0 Å². The van der Waals surface area contributed by atoms with E-state index in [-0.39, 0.29) is 27.4 Å². The zero-order valence-corrected chi connectivity index (χ0v) is 37.8. The van der Waals surface area contributed by atoms with E-state index in [2.05, 4.69) is 267 Å². The summed E-state index contributed by atoms with van der Waals surface area (Å²) in [6.45, 7) is 2.00. The molecule has 299 valence electrons. The van der Waals surface area contributed by atoms with Crippen LogP contribution in [-0.2, 0) is 24.3 Å². The third kappa shape index (κ3) is 13.4. The molecule has 1 aliphatic carbocycles. The minimum Gasteiger partial charge on any atom is -0.307 e. The zero-order chi connectivity index (χ0) is 40.7. The molecule has 1 atom stereocenters. The molecule has 0 amide bonds. The molecule has 1 unspecified atom stereocenters. The van der Waals surface area contributed by atoms with Gasteiger partial charge in [-0.25, -0.2) is 0 Å². The molecule has 1 radical (unpaired) electrons. The minimum absolute atomic E-state index is 0. The second-order valence-electron chi connectivity index (χ2n) is 13.3. The van der Waals surface area contributed by atoms with Crippen LogP contribution in [0.3, 0.4) is 0 Å². The number of hydrogen-bond acceptors (Lipinski definition) is 1. The Hall–Kier alpha value is -5.18. The summed E-state index contributed by atoms with van der Waals surface area (Å²) in [4.78, 5) is 8.00. The van der Waals surface area contributed by atoms with E-state index in [1.54, 1.807) is 0 Å². The zero-order valence-electron chi connectivity index (χ0n) is 33.5. The second-order valence-corrected chi connectivity index (χ2v) is 20.2. The van der Waals surface area contributed by atoms with Crippen LogP contribution in [0, 0.1) is 0 Å². The van der Waals surface area contributed by atoms with E-state index in [1.165, 1.54) is 42.4 Å². The van der Waals surface area contributed by atoms with Gasteiger partial charge in [-0.15, -0.1) is 0 Å². The van der Waals surface area contributed by atoms with Crippen LogP contribution in [0.15, 0.2) is 267 Å². The Labute approximate surface area is 374 Å². The monoisotopic (exact) mass is 921 g/mol. The smallest absolute Gasteiger partial charge is 0.106 e. The van der Waals surface area contributed by atoms with Crippen LogP contribution in [0.1, 0.15) is 6.42 Å². The van der Waals surface area contributed by atoms with Crippen molar-refractivity contribution in [3.63, 3.8) is 0 Å². The molecule has 0 aliphatic heterocycles. The average molecular weight is 922 g/mol.